The van der Waals surface area contributed by atoms with Gasteiger partial charge in [0.25, 0.3) is 0 Å². The fourth-order valence-electron chi connectivity index (χ4n) is 2.26. The molecule has 0 bridgehead atoms. The maximum absolute atomic E-state index is 11.9. The molecule has 0 heterocycles. The number of alkyl carbamates (subject to hydrolysis) is 1. The molecule has 0 aliphatic rings. The fraction of sp³-hybridized carbons (Fsp3) is 0.316. The third-order valence-corrected chi connectivity index (χ3v) is 3.67. The molecule has 0 unspecified atom stereocenters. The lowest BCUT2D eigenvalue weighted by atomic mass is 10.1. The van der Waals surface area contributed by atoms with Crippen molar-refractivity contribution in [3.8, 4) is 11.5 Å². The fourth-order valence-corrected chi connectivity index (χ4v) is 2.42. The van der Waals surface area contributed by atoms with Crippen LogP contribution in [0, 0.1) is 10.1 Å². The van der Waals surface area contributed by atoms with E-state index in [9.17, 15) is 14.9 Å². The van der Waals surface area contributed by atoms with E-state index in [-0.39, 0.29) is 17.5 Å². The summed E-state index contributed by atoms with van der Waals surface area (Å²) in [4.78, 5) is 22.5. The normalized spacial score (nSPS) is 12.2. The Morgan fingerprint density at radius 3 is 2.56 bits per heavy atom. The molecule has 7 nitrogen and oxygen atoms in total. The molecule has 0 saturated carbocycles. The molecule has 2 rings (SSSR count). The Hall–Kier alpha value is -2.80. The highest BCUT2D eigenvalue weighted by atomic mass is 35.5. The van der Waals surface area contributed by atoms with Gasteiger partial charge in [-0.15, -0.1) is 0 Å². The number of hydrogen-bond donors (Lipinski definition) is 1. The number of nitro groups is 1. The molecule has 0 aliphatic heterocycles. The minimum atomic E-state index is -0.597. The van der Waals surface area contributed by atoms with Gasteiger partial charge in [-0.05, 0) is 51.5 Å². The molecule has 0 aromatic heterocycles. The highest BCUT2D eigenvalue weighted by molar-refractivity contribution is 6.30. The van der Waals surface area contributed by atoms with Crippen molar-refractivity contribution in [2.24, 2.45) is 0 Å². The zero-order chi connectivity index (χ0) is 20.2. The molecule has 1 N–H and O–H groups in total. The van der Waals surface area contributed by atoms with Crippen LogP contribution in [0.5, 0.6) is 11.5 Å². The zero-order valence-electron chi connectivity index (χ0n) is 15.5. The molecule has 8 heteroatoms. The SMILES string of the molecule is C[C@H](NC(=O)OC(C)(C)C)c1cccc(Oc2cc(Cl)ccc2[N+](=O)[O-])c1. The van der Waals surface area contributed by atoms with Crippen molar-refractivity contribution in [1.82, 2.24) is 5.32 Å². The third-order valence-electron chi connectivity index (χ3n) is 3.44. The van der Waals surface area contributed by atoms with Gasteiger partial charge in [-0.25, -0.2) is 4.79 Å². The maximum Gasteiger partial charge on any atom is 0.408 e. The van der Waals surface area contributed by atoms with Gasteiger partial charge >= 0.3 is 11.8 Å². The van der Waals surface area contributed by atoms with Crippen molar-refractivity contribution in [3.05, 3.63) is 63.2 Å². The van der Waals surface area contributed by atoms with E-state index in [1.807, 2.05) is 0 Å². The van der Waals surface area contributed by atoms with Crippen LogP contribution in [0.15, 0.2) is 42.5 Å². The van der Waals surface area contributed by atoms with E-state index in [1.165, 1.54) is 18.2 Å². The summed E-state index contributed by atoms with van der Waals surface area (Å²) in [6.07, 6.45) is -0.535. The Morgan fingerprint density at radius 1 is 1.22 bits per heavy atom. The summed E-state index contributed by atoms with van der Waals surface area (Å²) in [5.74, 6) is 0.424. The Morgan fingerprint density at radius 2 is 1.93 bits per heavy atom. The van der Waals surface area contributed by atoms with E-state index in [4.69, 9.17) is 21.1 Å². The van der Waals surface area contributed by atoms with Crippen LogP contribution < -0.4 is 10.1 Å². The first kappa shape index (κ1) is 20.5. The minimum Gasteiger partial charge on any atom is -0.450 e. The van der Waals surface area contributed by atoms with Crippen LogP contribution in [0.1, 0.15) is 39.3 Å². The summed E-state index contributed by atoms with van der Waals surface area (Å²) in [5.41, 5.74) is -0.0342. The van der Waals surface area contributed by atoms with Crippen LogP contribution in [0.25, 0.3) is 0 Å². The quantitative estimate of drug-likeness (QED) is 0.526. The molecule has 144 valence electrons. The van der Waals surface area contributed by atoms with Crippen LogP contribution >= 0.6 is 11.6 Å². The van der Waals surface area contributed by atoms with E-state index >= 15 is 0 Å². The summed E-state index contributed by atoms with van der Waals surface area (Å²) >= 11 is 5.92. The van der Waals surface area contributed by atoms with E-state index in [0.717, 1.165) is 5.56 Å². The lowest BCUT2D eigenvalue weighted by molar-refractivity contribution is -0.385. The van der Waals surface area contributed by atoms with Gasteiger partial charge < -0.3 is 14.8 Å². The van der Waals surface area contributed by atoms with Crippen molar-refractivity contribution in [3.63, 3.8) is 0 Å². The summed E-state index contributed by atoms with van der Waals surface area (Å²) in [5, 5.41) is 14.2. The van der Waals surface area contributed by atoms with Gasteiger partial charge in [-0.2, -0.15) is 0 Å². The molecule has 0 fully saturated rings. The Kier molecular flexibility index (Phi) is 6.28. The zero-order valence-corrected chi connectivity index (χ0v) is 16.2. The standard InChI is InChI=1S/C19H21ClN2O5/c1-12(21-18(23)27-19(2,3)4)13-6-5-7-15(10-13)26-17-11-14(20)8-9-16(17)22(24)25/h5-12H,1-4H3,(H,21,23)/t12-/m0/s1. The van der Waals surface area contributed by atoms with Crippen molar-refractivity contribution >= 4 is 23.4 Å². The number of nitrogens with one attached hydrogen (secondary N) is 1. The second kappa shape index (κ2) is 8.26. The average Bonchev–Trinajstić information content (AvgIpc) is 2.53. The minimum absolute atomic E-state index is 0.0393. The van der Waals surface area contributed by atoms with E-state index < -0.39 is 16.6 Å². The Balaban J connectivity index is 2.17. The first-order chi connectivity index (χ1) is 12.5. The number of nitro benzene ring substituents is 1. The van der Waals surface area contributed by atoms with Gasteiger partial charge in [0.2, 0.25) is 5.75 Å². The molecule has 0 spiro atoms. The average molecular weight is 393 g/mol. The number of amides is 1. The first-order valence-electron chi connectivity index (χ1n) is 8.26. The number of ether oxygens (including phenoxy) is 2. The van der Waals surface area contributed by atoms with Crippen LogP contribution in [0.2, 0.25) is 5.02 Å². The lowest BCUT2D eigenvalue weighted by Gasteiger charge is -2.22. The summed E-state index contributed by atoms with van der Waals surface area (Å²) < 4.78 is 10.9. The Bertz CT molecular complexity index is 848. The topological polar surface area (TPSA) is 90.7 Å². The molecule has 0 radical (unpaired) electrons. The number of hydrogen-bond acceptors (Lipinski definition) is 5. The van der Waals surface area contributed by atoms with Crippen LogP contribution in [0.4, 0.5) is 10.5 Å². The van der Waals surface area contributed by atoms with Crippen molar-refractivity contribution < 1.29 is 19.2 Å². The largest absolute Gasteiger partial charge is 0.450 e. The molecule has 2 aromatic rings. The monoisotopic (exact) mass is 392 g/mol. The third kappa shape index (κ3) is 6.14. The Labute approximate surface area is 162 Å². The molecule has 27 heavy (non-hydrogen) atoms. The number of rotatable bonds is 5. The second-order valence-electron chi connectivity index (χ2n) is 6.91. The van der Waals surface area contributed by atoms with Crippen LogP contribution in [-0.2, 0) is 4.74 Å². The highest BCUT2D eigenvalue weighted by Crippen LogP contribution is 2.34. The van der Waals surface area contributed by atoms with Gasteiger partial charge in [0.1, 0.15) is 11.4 Å². The summed E-state index contributed by atoms with van der Waals surface area (Å²) in [7, 11) is 0. The number of carbonyl (C=O) groups is 1. The summed E-state index contributed by atoms with van der Waals surface area (Å²) in [6.45, 7) is 7.14. The lowest BCUT2D eigenvalue weighted by Crippen LogP contribution is -2.34. The second-order valence-corrected chi connectivity index (χ2v) is 7.35. The van der Waals surface area contributed by atoms with Crippen LogP contribution in [0.3, 0.4) is 0 Å². The molecule has 0 saturated heterocycles. The number of carbonyl (C=O) groups excluding carboxylic acids is 1. The predicted octanol–water partition coefficient (Wildman–Crippen LogP) is 5.63. The smallest absolute Gasteiger partial charge is 0.408 e. The van der Waals surface area contributed by atoms with Gasteiger partial charge in [0.15, 0.2) is 0 Å². The first-order valence-corrected chi connectivity index (χ1v) is 8.64. The van der Waals surface area contributed by atoms with Crippen molar-refractivity contribution in [2.75, 3.05) is 0 Å². The predicted molar refractivity (Wildman–Crippen MR) is 102 cm³/mol. The molecule has 2 aromatic carbocycles. The maximum atomic E-state index is 11.9. The molecule has 1 amide bonds. The number of nitrogens with zero attached hydrogens (tertiary/aromatic N) is 1. The van der Waals surface area contributed by atoms with Gasteiger partial charge in [0, 0.05) is 17.2 Å². The molecular formula is C19H21ClN2O5. The van der Waals surface area contributed by atoms with E-state index in [0.29, 0.717) is 10.8 Å². The highest BCUT2D eigenvalue weighted by Gasteiger charge is 2.19. The van der Waals surface area contributed by atoms with Gasteiger partial charge in [-0.3, -0.25) is 10.1 Å². The van der Waals surface area contributed by atoms with Crippen molar-refractivity contribution in [2.45, 2.75) is 39.3 Å². The van der Waals surface area contributed by atoms with E-state index in [1.54, 1.807) is 52.0 Å². The summed E-state index contributed by atoms with van der Waals surface area (Å²) in [6, 6.07) is 10.6. The number of halogens is 1. The van der Waals surface area contributed by atoms with Gasteiger partial charge in [0.05, 0.1) is 11.0 Å². The van der Waals surface area contributed by atoms with E-state index in [2.05, 4.69) is 5.32 Å². The number of benzene rings is 2. The van der Waals surface area contributed by atoms with Gasteiger partial charge in [-0.1, -0.05) is 23.7 Å². The molecular weight excluding hydrogens is 372 g/mol. The van der Waals surface area contributed by atoms with Crippen LogP contribution in [-0.4, -0.2) is 16.6 Å². The molecule has 0 aliphatic carbocycles. The van der Waals surface area contributed by atoms with Crippen molar-refractivity contribution in [1.29, 1.82) is 0 Å². The molecule has 1 atom stereocenters.